The Labute approximate surface area is 322 Å². The smallest absolute Gasteiger partial charge is 0.194 e. The molecular formula is C41H48N2O13. The lowest BCUT2D eigenvalue weighted by molar-refractivity contribution is 0.0355. The van der Waals surface area contributed by atoms with Crippen molar-refractivity contribution in [2.45, 2.75) is 19.8 Å². The number of ether oxygens (including phenoxy) is 7. The van der Waals surface area contributed by atoms with Crippen LogP contribution in [0.25, 0.3) is 49.2 Å². The molecule has 5 N–H and O–H groups in total. The molecule has 0 saturated heterocycles. The number of fused-ring (bicyclic) bond motifs is 1. The van der Waals surface area contributed by atoms with Gasteiger partial charge in [0, 0.05) is 68.4 Å². The summed E-state index contributed by atoms with van der Waals surface area (Å²) in [6.07, 6.45) is 1.92. The number of hydrogen-bond acceptors (Lipinski definition) is 15. The third-order valence-electron chi connectivity index (χ3n) is 10.0. The van der Waals surface area contributed by atoms with E-state index in [0.29, 0.717) is 82.1 Å². The minimum absolute atomic E-state index is 0.00137. The molecule has 1 aliphatic carbocycles. The maximum absolute atomic E-state index is 14.1. The summed E-state index contributed by atoms with van der Waals surface area (Å²) in [5.74, 6) is -0.791. The van der Waals surface area contributed by atoms with E-state index in [1.165, 1.54) is 33.5 Å². The Morgan fingerprint density at radius 1 is 0.679 bits per heavy atom. The first kappa shape index (κ1) is 40.6. The highest BCUT2D eigenvalue weighted by atomic mass is 16.5. The number of aliphatic hydroxyl groups is 2. The number of allylic oxidation sites excluding steroid dienone is 1. The van der Waals surface area contributed by atoms with E-state index in [9.17, 15) is 19.8 Å². The summed E-state index contributed by atoms with van der Waals surface area (Å²) in [7, 11) is 4.29. The zero-order valence-electron chi connectivity index (χ0n) is 32.2. The van der Waals surface area contributed by atoms with Gasteiger partial charge in [-0.15, -0.1) is 0 Å². The minimum atomic E-state index is -0.615. The predicted molar refractivity (Wildman–Crippen MR) is 215 cm³/mol. The largest absolute Gasteiger partial charge is 0.505 e. The van der Waals surface area contributed by atoms with Gasteiger partial charge in [-0.2, -0.15) is 0 Å². The first-order valence-corrected chi connectivity index (χ1v) is 18.4. The van der Waals surface area contributed by atoms with Crippen LogP contribution in [0.3, 0.4) is 0 Å². The number of anilines is 1. The van der Waals surface area contributed by atoms with Crippen molar-refractivity contribution in [1.29, 1.82) is 0 Å². The van der Waals surface area contributed by atoms with Gasteiger partial charge < -0.3 is 58.9 Å². The fraction of sp³-hybridized carbons (Fsp3) is 0.439. The Bertz CT molecular complexity index is 2390. The van der Waals surface area contributed by atoms with Gasteiger partial charge in [-0.05, 0) is 19.2 Å². The molecule has 0 amide bonds. The number of phenolic OH excluding ortho intramolecular Hbond substituents is 2. The maximum atomic E-state index is 14.1. The van der Waals surface area contributed by atoms with Gasteiger partial charge in [-0.1, -0.05) is 11.6 Å². The van der Waals surface area contributed by atoms with E-state index in [-0.39, 0.29) is 91.4 Å². The molecule has 0 fully saturated rings. The van der Waals surface area contributed by atoms with E-state index in [4.69, 9.17) is 48.4 Å². The van der Waals surface area contributed by atoms with Crippen molar-refractivity contribution < 1.29 is 53.6 Å². The highest BCUT2D eigenvalue weighted by molar-refractivity contribution is 6.40. The van der Waals surface area contributed by atoms with Crippen LogP contribution in [0.4, 0.5) is 5.69 Å². The standard InChI is InChI=1S/C41H48N2O13/c1-21-18-23-29-34-30(39(48)38(23)43-7-11-54-15-17-56-13-9-45)24(46)19-26(50-3)32(34)33-27(51-4)20-25(47)31-36(33)35(29)37(41(52-5)40(31)49)28(21)22(2)42-6-10-53-14-16-55-12-8-44/h18-20,28,43-45,48-49H,6-17H2,1-5H3/b42-22+. The lowest BCUT2D eigenvalue weighted by Gasteiger charge is -2.26. The molecule has 6 rings (SSSR count). The molecule has 0 spiro atoms. The third kappa shape index (κ3) is 7.22. The van der Waals surface area contributed by atoms with Crippen molar-refractivity contribution in [2.75, 3.05) is 106 Å². The van der Waals surface area contributed by atoms with E-state index >= 15 is 0 Å². The van der Waals surface area contributed by atoms with Gasteiger partial charge in [0.05, 0.1) is 110 Å². The first-order chi connectivity index (χ1) is 27.2. The molecule has 300 valence electrons. The molecule has 5 aromatic rings. The molecule has 56 heavy (non-hydrogen) atoms. The van der Waals surface area contributed by atoms with Crippen molar-refractivity contribution in [3.8, 4) is 28.7 Å². The van der Waals surface area contributed by atoms with Crippen LogP contribution >= 0.6 is 0 Å². The number of hydrogen-bond donors (Lipinski definition) is 5. The highest BCUT2D eigenvalue weighted by Gasteiger charge is 2.37. The molecule has 0 radical (unpaired) electrons. The van der Waals surface area contributed by atoms with Crippen LogP contribution in [0.2, 0.25) is 0 Å². The molecule has 0 aliphatic heterocycles. The number of phenols is 2. The number of aliphatic hydroxyl groups excluding tert-OH is 2. The Kier molecular flexibility index (Phi) is 12.9. The van der Waals surface area contributed by atoms with E-state index in [2.05, 4.69) is 5.32 Å². The number of rotatable bonds is 21. The normalized spacial score (nSPS) is 14.4. The van der Waals surface area contributed by atoms with Crippen LogP contribution in [0.15, 0.2) is 32.3 Å². The van der Waals surface area contributed by atoms with Gasteiger partial charge in [0.15, 0.2) is 28.1 Å². The van der Waals surface area contributed by atoms with Crippen molar-refractivity contribution in [2.24, 2.45) is 4.99 Å². The van der Waals surface area contributed by atoms with Crippen LogP contribution in [-0.2, 0) is 18.9 Å². The second-order valence-electron chi connectivity index (χ2n) is 13.3. The number of nitrogens with one attached hydrogen (secondary N) is 1. The predicted octanol–water partition coefficient (Wildman–Crippen LogP) is 3.76. The monoisotopic (exact) mass is 776 g/mol. The van der Waals surface area contributed by atoms with Crippen LogP contribution in [0, 0.1) is 0 Å². The summed E-state index contributed by atoms with van der Waals surface area (Å²) in [5, 5.41) is 48.0. The molecule has 0 aromatic heterocycles. The van der Waals surface area contributed by atoms with Crippen LogP contribution < -0.4 is 30.4 Å². The zero-order chi connectivity index (χ0) is 40.1. The van der Waals surface area contributed by atoms with Gasteiger partial charge in [0.2, 0.25) is 0 Å². The number of methoxy groups -OCH3 is 3. The van der Waals surface area contributed by atoms with E-state index in [1.54, 1.807) is 0 Å². The van der Waals surface area contributed by atoms with Crippen molar-refractivity contribution >= 4 is 60.6 Å². The number of benzene rings is 5. The zero-order valence-corrected chi connectivity index (χ0v) is 32.2. The molecule has 5 aromatic carbocycles. The summed E-state index contributed by atoms with van der Waals surface area (Å²) >= 11 is 0. The van der Waals surface area contributed by atoms with E-state index in [0.717, 1.165) is 5.57 Å². The van der Waals surface area contributed by atoms with Crippen molar-refractivity contribution in [3.63, 3.8) is 0 Å². The Morgan fingerprint density at radius 2 is 1.21 bits per heavy atom. The number of nitrogens with zero attached hydrogens (tertiary/aromatic N) is 1. The topological polar surface area (TPSA) is 204 Å². The van der Waals surface area contributed by atoms with Gasteiger partial charge in [-0.25, -0.2) is 0 Å². The van der Waals surface area contributed by atoms with Gasteiger partial charge >= 0.3 is 0 Å². The average Bonchev–Trinajstić information content (AvgIpc) is 3.31. The molecule has 0 bridgehead atoms. The van der Waals surface area contributed by atoms with Crippen LogP contribution in [-0.4, -0.2) is 127 Å². The maximum Gasteiger partial charge on any atom is 0.194 e. The minimum Gasteiger partial charge on any atom is -0.505 e. The lowest BCUT2D eigenvalue weighted by Crippen LogP contribution is -2.16. The quantitative estimate of drug-likeness (QED) is 0.0237. The number of aromatic hydroxyl groups is 2. The van der Waals surface area contributed by atoms with Crippen molar-refractivity contribution in [3.05, 3.63) is 49.3 Å². The van der Waals surface area contributed by atoms with E-state index < -0.39 is 16.8 Å². The molecule has 0 heterocycles. The van der Waals surface area contributed by atoms with Crippen LogP contribution in [0.5, 0.6) is 28.7 Å². The van der Waals surface area contributed by atoms with Gasteiger partial charge in [0.1, 0.15) is 11.5 Å². The Morgan fingerprint density at radius 3 is 1.77 bits per heavy atom. The van der Waals surface area contributed by atoms with Crippen LogP contribution in [0.1, 0.15) is 30.9 Å². The van der Waals surface area contributed by atoms with E-state index in [1.807, 2.05) is 19.9 Å². The fourth-order valence-corrected chi connectivity index (χ4v) is 7.86. The molecule has 0 saturated carbocycles. The Hall–Kier alpha value is -5.03. The van der Waals surface area contributed by atoms with Gasteiger partial charge in [0.25, 0.3) is 0 Å². The lowest BCUT2D eigenvalue weighted by atomic mass is 9.80. The summed E-state index contributed by atoms with van der Waals surface area (Å²) < 4.78 is 39.6. The summed E-state index contributed by atoms with van der Waals surface area (Å²) in [6.45, 7) is 6.33. The molecular weight excluding hydrogens is 728 g/mol. The SMILES string of the molecule is COc1c(O)c2c(=O)cc(OC)c3c4c(OC)cc(=O)c5c(O)c(NCCOCCOCCO)c6c(c(c1C(/C(C)=N/CCOCCOCCO)C(C)=C6)c23)c54. The highest BCUT2D eigenvalue weighted by Crippen LogP contribution is 2.58. The second kappa shape index (κ2) is 17.8. The van der Waals surface area contributed by atoms with Gasteiger partial charge in [-0.3, -0.25) is 14.6 Å². The average molecular weight is 777 g/mol. The molecule has 1 aliphatic rings. The second-order valence-corrected chi connectivity index (χ2v) is 13.3. The molecule has 15 heteroatoms. The third-order valence-corrected chi connectivity index (χ3v) is 10.0. The summed E-state index contributed by atoms with van der Waals surface area (Å²) in [4.78, 5) is 33.0. The summed E-state index contributed by atoms with van der Waals surface area (Å²) in [6, 6.07) is 2.59. The number of aliphatic imine (C=N–C) groups is 1. The summed E-state index contributed by atoms with van der Waals surface area (Å²) in [5.41, 5.74) is 1.74. The Balaban J connectivity index is 1.66. The first-order valence-electron chi connectivity index (χ1n) is 18.4. The fourth-order valence-electron chi connectivity index (χ4n) is 7.86. The van der Waals surface area contributed by atoms with Crippen molar-refractivity contribution in [1.82, 2.24) is 0 Å². The molecule has 1 unspecified atom stereocenters. The molecule has 1 atom stereocenters. The molecule has 15 nitrogen and oxygen atoms in total.